The molecule has 3 unspecified atom stereocenters. The van der Waals surface area contributed by atoms with Crippen LogP contribution in [-0.2, 0) is 5.41 Å². The lowest BCUT2D eigenvalue weighted by Crippen LogP contribution is -2.37. The summed E-state index contributed by atoms with van der Waals surface area (Å²) in [5, 5.41) is 2.32. The Balaban J connectivity index is 1.09. The molecule has 7 aromatic carbocycles. The van der Waals surface area contributed by atoms with E-state index in [1.165, 1.54) is 27.6 Å². The topological polar surface area (TPSA) is 47.9 Å². The molecular formula is C50H33N3O. The molecule has 0 saturated carbocycles. The molecule has 1 aliphatic heterocycles. The van der Waals surface area contributed by atoms with E-state index in [9.17, 15) is 0 Å². The maximum Gasteiger partial charge on any atom is 0.164 e. The van der Waals surface area contributed by atoms with Gasteiger partial charge in [-0.05, 0) is 51.2 Å². The summed E-state index contributed by atoms with van der Waals surface area (Å²) in [6.45, 7) is 0. The maximum atomic E-state index is 6.87. The van der Waals surface area contributed by atoms with Crippen molar-refractivity contribution in [2.24, 2.45) is 5.92 Å². The first-order valence-corrected chi connectivity index (χ1v) is 18.5. The highest BCUT2D eigenvalue weighted by molar-refractivity contribution is 5.87. The zero-order valence-corrected chi connectivity index (χ0v) is 29.3. The molecule has 2 heterocycles. The molecule has 1 aromatic heterocycles. The van der Waals surface area contributed by atoms with Gasteiger partial charge in [-0.1, -0.05) is 170 Å². The summed E-state index contributed by atoms with van der Waals surface area (Å²) in [4.78, 5) is 15.3. The molecule has 4 heteroatoms. The van der Waals surface area contributed by atoms with Crippen LogP contribution in [0.25, 0.3) is 56.1 Å². The Labute approximate surface area is 313 Å². The Morgan fingerprint density at radius 1 is 0.426 bits per heavy atom. The van der Waals surface area contributed by atoms with Crippen molar-refractivity contribution in [1.29, 1.82) is 0 Å². The van der Waals surface area contributed by atoms with Crippen LogP contribution in [0.2, 0.25) is 0 Å². The summed E-state index contributed by atoms with van der Waals surface area (Å²) in [6, 6.07) is 57.6. The third-order valence-corrected chi connectivity index (χ3v) is 11.5. The van der Waals surface area contributed by atoms with E-state index < -0.39 is 5.41 Å². The molecule has 4 nitrogen and oxygen atoms in total. The largest absolute Gasteiger partial charge is 0.457 e. The molecule has 0 N–H and O–H groups in total. The third-order valence-electron chi connectivity index (χ3n) is 11.5. The van der Waals surface area contributed by atoms with Crippen LogP contribution < -0.4 is 4.74 Å². The molecule has 3 atom stereocenters. The van der Waals surface area contributed by atoms with Gasteiger partial charge in [0.1, 0.15) is 11.5 Å². The van der Waals surface area contributed by atoms with E-state index in [0.29, 0.717) is 17.5 Å². The fraction of sp³-hybridized carbons (Fsp3) is 0.0600. The van der Waals surface area contributed by atoms with Gasteiger partial charge >= 0.3 is 0 Å². The number of para-hydroxylation sites is 1. The van der Waals surface area contributed by atoms with Crippen molar-refractivity contribution in [2.75, 3.05) is 0 Å². The molecule has 11 rings (SSSR count). The molecule has 1 spiro atoms. The van der Waals surface area contributed by atoms with E-state index in [0.717, 1.165) is 44.7 Å². The van der Waals surface area contributed by atoms with Gasteiger partial charge in [-0.3, -0.25) is 0 Å². The zero-order valence-electron chi connectivity index (χ0n) is 29.3. The van der Waals surface area contributed by atoms with Gasteiger partial charge in [-0.15, -0.1) is 0 Å². The van der Waals surface area contributed by atoms with Crippen LogP contribution >= 0.6 is 0 Å². The van der Waals surface area contributed by atoms with Crippen molar-refractivity contribution in [1.82, 2.24) is 15.0 Å². The summed E-state index contributed by atoms with van der Waals surface area (Å²) < 4.78 is 6.87. The van der Waals surface area contributed by atoms with E-state index in [1.807, 2.05) is 30.3 Å². The molecular weight excluding hydrogens is 659 g/mol. The average molecular weight is 692 g/mol. The molecule has 3 aliphatic rings. The van der Waals surface area contributed by atoms with E-state index in [-0.39, 0.29) is 11.8 Å². The minimum Gasteiger partial charge on any atom is -0.457 e. The third kappa shape index (κ3) is 4.60. The smallest absolute Gasteiger partial charge is 0.164 e. The van der Waals surface area contributed by atoms with E-state index in [4.69, 9.17) is 19.7 Å². The minimum atomic E-state index is -0.391. The van der Waals surface area contributed by atoms with Gasteiger partial charge in [0.25, 0.3) is 0 Å². The van der Waals surface area contributed by atoms with Crippen LogP contribution in [0.15, 0.2) is 188 Å². The first-order chi connectivity index (χ1) is 26.8. The van der Waals surface area contributed by atoms with E-state index in [2.05, 4.69) is 158 Å². The van der Waals surface area contributed by atoms with Gasteiger partial charge < -0.3 is 4.74 Å². The highest BCUT2D eigenvalue weighted by Gasteiger charge is 2.56. The number of hydrogen-bond donors (Lipinski definition) is 0. The van der Waals surface area contributed by atoms with Gasteiger partial charge in [0.2, 0.25) is 0 Å². The average Bonchev–Trinajstić information content (AvgIpc) is 3.54. The Kier molecular flexibility index (Phi) is 6.86. The van der Waals surface area contributed by atoms with Crippen molar-refractivity contribution in [3.05, 3.63) is 210 Å². The van der Waals surface area contributed by atoms with Crippen LogP contribution in [0, 0.1) is 5.92 Å². The summed E-state index contributed by atoms with van der Waals surface area (Å²) in [7, 11) is 0. The van der Waals surface area contributed by atoms with Crippen LogP contribution in [-0.4, -0.2) is 15.0 Å². The van der Waals surface area contributed by atoms with E-state index >= 15 is 0 Å². The fourth-order valence-corrected chi connectivity index (χ4v) is 9.14. The van der Waals surface area contributed by atoms with E-state index in [1.54, 1.807) is 0 Å². The number of benzene rings is 7. The summed E-state index contributed by atoms with van der Waals surface area (Å²) in [5.41, 5.74) is 9.61. The number of nitrogens with zero attached hydrogens (tertiary/aromatic N) is 3. The molecule has 2 aliphatic carbocycles. The first kappa shape index (κ1) is 30.7. The summed E-state index contributed by atoms with van der Waals surface area (Å²) in [5.74, 6) is 4.17. The van der Waals surface area contributed by atoms with Crippen LogP contribution in [0.3, 0.4) is 0 Å². The number of hydrogen-bond acceptors (Lipinski definition) is 4. The molecule has 0 bridgehead atoms. The minimum absolute atomic E-state index is 0.219. The summed E-state index contributed by atoms with van der Waals surface area (Å²) >= 11 is 0. The molecule has 254 valence electrons. The Hall–Kier alpha value is -6.91. The van der Waals surface area contributed by atoms with Gasteiger partial charge in [-0.25, -0.2) is 15.0 Å². The Morgan fingerprint density at radius 2 is 1.07 bits per heavy atom. The Bertz CT molecular complexity index is 2840. The standard InChI is InChI=1S/C50H33N3O/c1-2-15-33(16-3-1)47-51-48(36-27-26-32-14-4-5-17-34(32)30-36)53-49(52-47)40-21-7-6-18-37(40)35-28-29-44-46(31-35)54-45-25-13-12-24-43(45)50(44)41-22-10-8-19-38(41)39-20-9-11-23-42(39)50/h1-31,38,41H. The maximum absolute atomic E-state index is 6.87. The van der Waals surface area contributed by atoms with Gasteiger partial charge in [0, 0.05) is 39.7 Å². The predicted octanol–water partition coefficient (Wildman–Crippen LogP) is 12.0. The van der Waals surface area contributed by atoms with Crippen molar-refractivity contribution in [3.63, 3.8) is 0 Å². The second-order valence-corrected chi connectivity index (χ2v) is 14.3. The quantitative estimate of drug-likeness (QED) is 0.184. The van der Waals surface area contributed by atoms with Crippen molar-refractivity contribution in [3.8, 4) is 56.8 Å². The summed E-state index contributed by atoms with van der Waals surface area (Å²) in [6.07, 6.45) is 9.17. The lowest BCUT2D eigenvalue weighted by molar-refractivity contribution is 0.374. The van der Waals surface area contributed by atoms with Crippen LogP contribution in [0.4, 0.5) is 0 Å². The number of rotatable bonds is 4. The fourth-order valence-electron chi connectivity index (χ4n) is 9.14. The second kappa shape index (κ2) is 12.1. The molecule has 0 radical (unpaired) electrons. The monoisotopic (exact) mass is 691 g/mol. The van der Waals surface area contributed by atoms with Crippen molar-refractivity contribution >= 4 is 10.8 Å². The van der Waals surface area contributed by atoms with Gasteiger partial charge in [-0.2, -0.15) is 0 Å². The normalized spacial score (nSPS) is 18.8. The molecule has 0 saturated heterocycles. The predicted molar refractivity (Wildman–Crippen MR) is 216 cm³/mol. The second-order valence-electron chi connectivity index (χ2n) is 14.3. The highest BCUT2D eigenvalue weighted by atomic mass is 16.5. The highest BCUT2D eigenvalue weighted by Crippen LogP contribution is 2.64. The molecule has 0 fully saturated rings. The number of fused-ring (bicyclic) bond motifs is 10. The lowest BCUT2D eigenvalue weighted by atomic mass is 9.62. The van der Waals surface area contributed by atoms with Crippen molar-refractivity contribution in [2.45, 2.75) is 11.3 Å². The zero-order chi connectivity index (χ0) is 35.6. The lowest BCUT2D eigenvalue weighted by Gasteiger charge is -2.43. The van der Waals surface area contributed by atoms with Gasteiger partial charge in [0.05, 0.1) is 5.41 Å². The van der Waals surface area contributed by atoms with Crippen LogP contribution in [0.5, 0.6) is 11.5 Å². The van der Waals surface area contributed by atoms with Crippen LogP contribution in [0.1, 0.15) is 28.2 Å². The Morgan fingerprint density at radius 3 is 1.96 bits per heavy atom. The number of aromatic nitrogens is 3. The SMILES string of the molecule is C1=CC2c3ccccc3C3(c4ccccc4Oc4cc(-c5ccccc5-c5nc(-c6ccccc6)nc(-c6ccc7ccccc7c6)n5)ccc43)C2C=C1. The molecule has 8 aromatic rings. The molecule has 54 heavy (non-hydrogen) atoms. The number of allylic oxidation sites excluding steroid dienone is 4. The van der Waals surface area contributed by atoms with Crippen molar-refractivity contribution < 1.29 is 4.74 Å². The first-order valence-electron chi connectivity index (χ1n) is 18.5. The number of ether oxygens (including phenoxy) is 1. The van der Waals surface area contributed by atoms with Gasteiger partial charge in [0.15, 0.2) is 17.5 Å². The molecule has 0 amide bonds.